The van der Waals surface area contributed by atoms with E-state index in [1.54, 1.807) is 10.9 Å². The first-order valence-electron chi connectivity index (χ1n) is 15.0. The number of benzene rings is 5. The summed E-state index contributed by atoms with van der Waals surface area (Å²) in [7, 11) is 1.91. The molecule has 0 spiro atoms. The van der Waals surface area contributed by atoms with Crippen molar-refractivity contribution in [3.05, 3.63) is 140 Å². The lowest BCUT2D eigenvalue weighted by atomic mass is 10.1. The monoisotopic (exact) mass is 598 g/mol. The largest absolute Gasteiger partial charge is 0.457 e. The fourth-order valence-corrected chi connectivity index (χ4v) is 6.21. The predicted molar refractivity (Wildman–Crippen MR) is 182 cm³/mol. The van der Waals surface area contributed by atoms with Crippen molar-refractivity contribution in [2.24, 2.45) is 7.05 Å². The normalized spacial score (nSPS) is 11.6. The van der Waals surface area contributed by atoms with Crippen molar-refractivity contribution in [3.8, 4) is 22.8 Å². The highest BCUT2D eigenvalue weighted by molar-refractivity contribution is 6.12. The number of aromatic nitrogens is 3. The Hall–Kier alpha value is -6.34. The summed E-state index contributed by atoms with van der Waals surface area (Å²) >= 11 is 0. The molecule has 220 valence electrons. The molecule has 0 saturated carbocycles. The number of fused-ring (bicyclic) bond motifs is 6. The van der Waals surface area contributed by atoms with Gasteiger partial charge in [0.25, 0.3) is 0 Å². The molecule has 5 aromatic carbocycles. The summed E-state index contributed by atoms with van der Waals surface area (Å²) in [6.45, 7) is 0. The lowest BCUT2D eigenvalue weighted by Crippen LogP contribution is -2.11. The van der Waals surface area contributed by atoms with Gasteiger partial charge in [-0.3, -0.25) is 9.58 Å². The minimum atomic E-state index is 0.657. The summed E-state index contributed by atoms with van der Waals surface area (Å²) < 4.78 is 21.5. The number of pyridine rings is 1. The fraction of sp³-hybridized carbons (Fsp3) is 0.0256. The second-order valence-corrected chi connectivity index (χ2v) is 11.2. The predicted octanol–water partition coefficient (Wildman–Crippen LogP) is 10.5. The van der Waals surface area contributed by atoms with Crippen molar-refractivity contribution in [1.29, 1.82) is 0 Å². The molecule has 0 aliphatic heterocycles. The molecule has 0 aliphatic carbocycles. The van der Waals surface area contributed by atoms with E-state index in [1.807, 2.05) is 116 Å². The Morgan fingerprint density at radius 1 is 0.630 bits per heavy atom. The van der Waals surface area contributed by atoms with Crippen LogP contribution in [0.3, 0.4) is 0 Å². The van der Waals surface area contributed by atoms with E-state index >= 15 is 0 Å². The Morgan fingerprint density at radius 3 is 1.98 bits per heavy atom. The highest BCUT2D eigenvalue weighted by Gasteiger charge is 2.23. The highest BCUT2D eigenvalue weighted by atomic mass is 16.5. The van der Waals surface area contributed by atoms with E-state index in [1.165, 1.54) is 0 Å². The minimum absolute atomic E-state index is 0.657. The van der Waals surface area contributed by atoms with E-state index in [2.05, 4.69) is 29.2 Å². The van der Waals surface area contributed by atoms with Crippen LogP contribution < -0.4 is 9.64 Å². The molecule has 0 amide bonds. The minimum Gasteiger partial charge on any atom is -0.457 e. The zero-order chi connectivity index (χ0) is 30.6. The molecule has 0 saturated heterocycles. The molecular formula is C39H26N4O3. The maximum Gasteiger partial charge on any atom is 0.159 e. The molecule has 7 heteroatoms. The van der Waals surface area contributed by atoms with Gasteiger partial charge < -0.3 is 13.6 Å². The first-order valence-corrected chi connectivity index (χ1v) is 15.0. The molecule has 0 bridgehead atoms. The third-order valence-corrected chi connectivity index (χ3v) is 8.24. The average Bonchev–Trinajstić information content (AvgIpc) is 3.81. The number of anilines is 3. The highest BCUT2D eigenvalue weighted by Crippen LogP contribution is 2.45. The maximum atomic E-state index is 6.80. The smallest absolute Gasteiger partial charge is 0.159 e. The number of hydrogen-bond acceptors (Lipinski definition) is 6. The van der Waals surface area contributed by atoms with Gasteiger partial charge in [-0.1, -0.05) is 60.7 Å². The summed E-state index contributed by atoms with van der Waals surface area (Å²) in [5, 5.41) is 8.62. The van der Waals surface area contributed by atoms with Crippen molar-refractivity contribution in [3.63, 3.8) is 0 Å². The lowest BCUT2D eigenvalue weighted by molar-refractivity contribution is 0.484. The number of para-hydroxylation sites is 3. The van der Waals surface area contributed by atoms with Crippen LogP contribution in [0.1, 0.15) is 0 Å². The molecule has 4 aromatic heterocycles. The van der Waals surface area contributed by atoms with Crippen molar-refractivity contribution in [2.75, 3.05) is 4.90 Å². The maximum absolute atomic E-state index is 6.80. The fourth-order valence-electron chi connectivity index (χ4n) is 6.21. The van der Waals surface area contributed by atoms with E-state index in [4.69, 9.17) is 23.7 Å². The molecule has 9 aromatic rings. The molecule has 0 fully saturated rings. The summed E-state index contributed by atoms with van der Waals surface area (Å²) in [5.41, 5.74) is 6.56. The van der Waals surface area contributed by atoms with Crippen LogP contribution in [-0.4, -0.2) is 14.8 Å². The van der Waals surface area contributed by atoms with E-state index in [9.17, 15) is 0 Å². The quantitative estimate of drug-likeness (QED) is 0.190. The van der Waals surface area contributed by atoms with Gasteiger partial charge in [0.2, 0.25) is 0 Å². The Balaban J connectivity index is 1.28. The Labute approximate surface area is 263 Å². The van der Waals surface area contributed by atoms with Gasteiger partial charge >= 0.3 is 0 Å². The molecule has 0 atom stereocenters. The summed E-state index contributed by atoms with van der Waals surface area (Å²) in [5.74, 6) is 2.09. The van der Waals surface area contributed by atoms with Crippen LogP contribution in [0.15, 0.2) is 149 Å². The Kier molecular flexibility index (Phi) is 5.89. The van der Waals surface area contributed by atoms with Gasteiger partial charge in [-0.05, 0) is 60.7 Å². The lowest BCUT2D eigenvalue weighted by Gasteiger charge is -2.24. The van der Waals surface area contributed by atoms with Crippen LogP contribution in [0.4, 0.5) is 17.2 Å². The van der Waals surface area contributed by atoms with Crippen LogP contribution >= 0.6 is 0 Å². The van der Waals surface area contributed by atoms with Crippen molar-refractivity contribution in [2.45, 2.75) is 0 Å². The van der Waals surface area contributed by atoms with E-state index in [0.717, 1.165) is 72.3 Å². The standard InChI is InChI=1S/C39H26N4O3/c1-42-20-18-33(41-42)32-23-26(21-30-28-13-5-7-15-35(28)45-38(30)32)44-27-22-31-29-14-6-8-16-36(29)46-39(31)34(24-27)43(25-11-3-2-4-12-25)37-17-9-10-19-40-37/h2-24H,1H3. The second kappa shape index (κ2) is 10.4. The first-order chi connectivity index (χ1) is 22.7. The molecule has 46 heavy (non-hydrogen) atoms. The van der Waals surface area contributed by atoms with Crippen LogP contribution in [0.25, 0.3) is 55.1 Å². The van der Waals surface area contributed by atoms with E-state index in [-0.39, 0.29) is 0 Å². The average molecular weight is 599 g/mol. The Morgan fingerprint density at radius 2 is 1.28 bits per heavy atom. The van der Waals surface area contributed by atoms with E-state index < -0.39 is 0 Å². The first kappa shape index (κ1) is 26.1. The van der Waals surface area contributed by atoms with Crippen LogP contribution in [0.5, 0.6) is 11.5 Å². The molecule has 0 aliphatic rings. The summed E-state index contributed by atoms with van der Waals surface area (Å²) in [6.07, 6.45) is 3.72. The van der Waals surface area contributed by atoms with Crippen LogP contribution in [0.2, 0.25) is 0 Å². The van der Waals surface area contributed by atoms with Crippen molar-refractivity contribution in [1.82, 2.24) is 14.8 Å². The number of nitrogens with zero attached hydrogens (tertiary/aromatic N) is 4. The van der Waals surface area contributed by atoms with Gasteiger partial charge in [0.15, 0.2) is 5.58 Å². The topological polar surface area (TPSA) is 69.5 Å². The third-order valence-electron chi connectivity index (χ3n) is 8.24. The number of hydrogen-bond donors (Lipinski definition) is 0. The van der Waals surface area contributed by atoms with Crippen molar-refractivity contribution >= 4 is 61.1 Å². The van der Waals surface area contributed by atoms with Gasteiger partial charge in [-0.15, -0.1) is 0 Å². The van der Waals surface area contributed by atoms with Gasteiger partial charge in [0.1, 0.15) is 34.1 Å². The zero-order valence-corrected chi connectivity index (χ0v) is 24.8. The van der Waals surface area contributed by atoms with Crippen molar-refractivity contribution < 1.29 is 13.6 Å². The third kappa shape index (κ3) is 4.29. The zero-order valence-electron chi connectivity index (χ0n) is 24.8. The molecule has 0 unspecified atom stereocenters. The molecule has 7 nitrogen and oxygen atoms in total. The van der Waals surface area contributed by atoms with Gasteiger partial charge in [-0.2, -0.15) is 5.10 Å². The number of furan rings is 2. The SMILES string of the molecule is Cn1ccc(-c2cc(Oc3cc(N(c4ccccc4)c4ccccn4)c4oc5ccccc5c4c3)cc3c2oc2ccccc23)n1. The molecule has 4 heterocycles. The molecule has 0 N–H and O–H groups in total. The summed E-state index contributed by atoms with van der Waals surface area (Å²) in [4.78, 5) is 6.84. The van der Waals surface area contributed by atoms with Gasteiger partial charge in [0.05, 0.1) is 11.4 Å². The Bertz CT molecular complexity index is 2490. The molecule has 0 radical (unpaired) electrons. The number of aryl methyl sites for hydroxylation is 1. The van der Waals surface area contributed by atoms with E-state index in [0.29, 0.717) is 11.5 Å². The van der Waals surface area contributed by atoms with Crippen LogP contribution in [0, 0.1) is 0 Å². The summed E-state index contributed by atoms with van der Waals surface area (Å²) in [6, 6.07) is 42.3. The van der Waals surface area contributed by atoms with Gasteiger partial charge in [0, 0.05) is 58.3 Å². The number of ether oxygens (including phenoxy) is 1. The number of rotatable bonds is 6. The van der Waals surface area contributed by atoms with Gasteiger partial charge in [-0.25, -0.2) is 4.98 Å². The second-order valence-electron chi connectivity index (χ2n) is 11.2. The molecule has 9 rings (SSSR count). The van der Waals surface area contributed by atoms with Crippen LogP contribution in [-0.2, 0) is 7.05 Å². The molecular weight excluding hydrogens is 572 g/mol.